The van der Waals surface area contributed by atoms with Crippen LogP contribution in [0.5, 0.6) is 0 Å². The summed E-state index contributed by atoms with van der Waals surface area (Å²) in [5, 5.41) is 20.5. The van der Waals surface area contributed by atoms with Crippen LogP contribution < -0.4 is 5.32 Å². The molecule has 0 aliphatic heterocycles. The van der Waals surface area contributed by atoms with E-state index in [0.29, 0.717) is 6.54 Å². The molecule has 0 saturated heterocycles. The lowest BCUT2D eigenvalue weighted by Gasteiger charge is -2.04. The number of nitrogens with zero attached hydrogens (tertiary/aromatic N) is 1. The van der Waals surface area contributed by atoms with Gasteiger partial charge in [0, 0.05) is 19.3 Å². The van der Waals surface area contributed by atoms with Crippen LogP contribution in [0.25, 0.3) is 0 Å². The van der Waals surface area contributed by atoms with Crippen LogP contribution in [0.15, 0.2) is 18.3 Å². The lowest BCUT2D eigenvalue weighted by molar-refractivity contribution is 0.0696. The number of carboxylic acids is 1. The molecule has 0 saturated carbocycles. The minimum absolute atomic E-state index is 0.205. The normalized spacial score (nSPS) is 10.4. The van der Waals surface area contributed by atoms with Crippen molar-refractivity contribution in [1.29, 1.82) is 0 Å². The number of hydrogen-bond acceptors (Lipinski definition) is 4. The number of aliphatic hydroxyl groups is 1. The fraction of sp³-hybridized carbons (Fsp3) is 0.500. The second-order valence-corrected chi connectivity index (χ2v) is 3.80. The molecular weight excluding hydrogens is 220 g/mol. The summed E-state index contributed by atoms with van der Waals surface area (Å²) in [4.78, 5) is 14.6. The molecule has 1 aromatic rings. The number of aliphatic hydroxyl groups excluding tert-OH is 1. The number of aromatic carboxylic acids is 1. The smallest absolute Gasteiger partial charge is 0.337 e. The van der Waals surface area contributed by atoms with Crippen LogP contribution >= 0.6 is 0 Å². The fourth-order valence-electron chi connectivity index (χ4n) is 1.41. The molecule has 0 spiro atoms. The molecule has 5 nitrogen and oxygen atoms in total. The van der Waals surface area contributed by atoms with Gasteiger partial charge in [0.15, 0.2) is 0 Å². The van der Waals surface area contributed by atoms with E-state index in [-0.39, 0.29) is 12.2 Å². The summed E-state index contributed by atoms with van der Waals surface area (Å²) in [6, 6.07) is 3.27. The lowest BCUT2D eigenvalue weighted by atomic mass is 10.2. The van der Waals surface area contributed by atoms with Crippen molar-refractivity contribution in [3.8, 4) is 0 Å². The van der Waals surface area contributed by atoms with E-state index in [1.165, 1.54) is 6.20 Å². The van der Waals surface area contributed by atoms with Crippen LogP contribution in [0, 0.1) is 0 Å². The van der Waals surface area contributed by atoms with Crippen molar-refractivity contribution < 1.29 is 15.0 Å². The summed E-state index contributed by atoms with van der Waals surface area (Å²) in [6.07, 6.45) is 4.24. The van der Waals surface area contributed by atoms with Crippen LogP contribution in [-0.2, 0) is 6.54 Å². The van der Waals surface area contributed by atoms with E-state index in [4.69, 9.17) is 10.2 Å². The summed E-state index contributed by atoms with van der Waals surface area (Å²) in [7, 11) is 0. The zero-order valence-corrected chi connectivity index (χ0v) is 9.72. The Hall–Kier alpha value is -1.46. The van der Waals surface area contributed by atoms with Crippen LogP contribution in [-0.4, -0.2) is 34.3 Å². The number of hydrogen-bond donors (Lipinski definition) is 3. The van der Waals surface area contributed by atoms with Crippen molar-refractivity contribution in [3.63, 3.8) is 0 Å². The van der Waals surface area contributed by atoms with Crippen molar-refractivity contribution in [1.82, 2.24) is 10.3 Å². The molecule has 5 heteroatoms. The quantitative estimate of drug-likeness (QED) is 0.589. The largest absolute Gasteiger partial charge is 0.478 e. The second kappa shape index (κ2) is 7.76. The molecule has 94 valence electrons. The first-order chi connectivity index (χ1) is 8.24. The Morgan fingerprint density at radius 1 is 1.29 bits per heavy atom. The van der Waals surface area contributed by atoms with Crippen molar-refractivity contribution in [2.45, 2.75) is 25.8 Å². The summed E-state index contributed by atoms with van der Waals surface area (Å²) < 4.78 is 0. The Morgan fingerprint density at radius 2 is 2.12 bits per heavy atom. The molecule has 0 fully saturated rings. The van der Waals surface area contributed by atoms with Gasteiger partial charge in [-0.2, -0.15) is 0 Å². The second-order valence-electron chi connectivity index (χ2n) is 3.80. The van der Waals surface area contributed by atoms with Crippen molar-refractivity contribution >= 4 is 5.97 Å². The van der Waals surface area contributed by atoms with Gasteiger partial charge in [-0.05, 0) is 37.9 Å². The van der Waals surface area contributed by atoms with Crippen LogP contribution in [0.3, 0.4) is 0 Å². The maximum atomic E-state index is 10.6. The van der Waals surface area contributed by atoms with Crippen LogP contribution in [0.4, 0.5) is 0 Å². The Morgan fingerprint density at radius 3 is 2.71 bits per heavy atom. The third-order valence-electron chi connectivity index (χ3n) is 2.39. The van der Waals surface area contributed by atoms with Gasteiger partial charge in [-0.3, -0.25) is 4.98 Å². The third kappa shape index (κ3) is 5.42. The van der Waals surface area contributed by atoms with Gasteiger partial charge in [0.05, 0.1) is 11.3 Å². The molecule has 1 rings (SSSR count). The maximum Gasteiger partial charge on any atom is 0.337 e. The molecule has 1 aromatic heterocycles. The lowest BCUT2D eigenvalue weighted by Crippen LogP contribution is -2.15. The van der Waals surface area contributed by atoms with Crippen molar-refractivity contribution in [2.24, 2.45) is 0 Å². The van der Waals surface area contributed by atoms with Gasteiger partial charge < -0.3 is 15.5 Å². The zero-order valence-electron chi connectivity index (χ0n) is 9.72. The van der Waals surface area contributed by atoms with E-state index >= 15 is 0 Å². The summed E-state index contributed by atoms with van der Waals surface area (Å²) in [5.74, 6) is -0.957. The Bertz CT molecular complexity index is 338. The SMILES string of the molecule is O=C(O)c1ccc(CNCCCCCO)nc1. The monoisotopic (exact) mass is 238 g/mol. The Balaban J connectivity index is 2.21. The number of pyridine rings is 1. The highest BCUT2D eigenvalue weighted by molar-refractivity contribution is 5.87. The summed E-state index contributed by atoms with van der Waals surface area (Å²) in [6.45, 7) is 1.76. The Kier molecular flexibility index (Phi) is 6.21. The molecule has 1 heterocycles. The van der Waals surface area contributed by atoms with E-state index in [1.54, 1.807) is 12.1 Å². The number of aromatic nitrogens is 1. The first-order valence-electron chi connectivity index (χ1n) is 5.74. The minimum atomic E-state index is -0.957. The highest BCUT2D eigenvalue weighted by Gasteiger charge is 2.02. The molecule has 0 aliphatic carbocycles. The highest BCUT2D eigenvalue weighted by atomic mass is 16.4. The molecule has 0 aliphatic rings. The Labute approximate surface area is 101 Å². The van der Waals surface area contributed by atoms with Crippen LogP contribution in [0.1, 0.15) is 35.3 Å². The number of rotatable bonds is 8. The van der Waals surface area contributed by atoms with E-state index in [2.05, 4.69) is 10.3 Å². The van der Waals surface area contributed by atoms with Crippen LogP contribution in [0.2, 0.25) is 0 Å². The average molecular weight is 238 g/mol. The molecule has 3 N–H and O–H groups in total. The first kappa shape index (κ1) is 13.6. The molecular formula is C12H18N2O3. The number of carbonyl (C=O) groups is 1. The van der Waals surface area contributed by atoms with Crippen molar-refractivity contribution in [2.75, 3.05) is 13.2 Å². The topological polar surface area (TPSA) is 82.5 Å². The molecule has 0 amide bonds. The zero-order chi connectivity index (χ0) is 12.5. The number of unbranched alkanes of at least 4 members (excludes halogenated alkanes) is 2. The van der Waals surface area contributed by atoms with Gasteiger partial charge in [0.1, 0.15) is 0 Å². The molecule has 0 radical (unpaired) electrons. The van der Waals surface area contributed by atoms with Gasteiger partial charge in [-0.25, -0.2) is 4.79 Å². The van der Waals surface area contributed by atoms with Gasteiger partial charge in [-0.1, -0.05) is 0 Å². The van der Waals surface area contributed by atoms with Gasteiger partial charge >= 0.3 is 5.97 Å². The average Bonchev–Trinajstić information content (AvgIpc) is 2.34. The molecule has 0 atom stereocenters. The minimum Gasteiger partial charge on any atom is -0.478 e. The predicted octanol–water partition coefficient (Wildman–Crippen LogP) is 1.03. The third-order valence-corrected chi connectivity index (χ3v) is 2.39. The van der Waals surface area contributed by atoms with Gasteiger partial charge in [0.25, 0.3) is 0 Å². The van der Waals surface area contributed by atoms with Crippen molar-refractivity contribution in [3.05, 3.63) is 29.6 Å². The summed E-state index contributed by atoms with van der Waals surface area (Å²) >= 11 is 0. The standard InChI is InChI=1S/C12H18N2O3/c15-7-3-1-2-6-13-9-11-5-4-10(8-14-11)12(16)17/h4-5,8,13,15H,1-3,6-7,9H2,(H,16,17). The number of carboxylic acid groups (broad SMARTS) is 1. The van der Waals surface area contributed by atoms with E-state index in [0.717, 1.165) is 31.5 Å². The molecule has 0 bridgehead atoms. The first-order valence-corrected chi connectivity index (χ1v) is 5.74. The van der Waals surface area contributed by atoms with E-state index in [9.17, 15) is 4.79 Å². The van der Waals surface area contributed by atoms with Gasteiger partial charge in [-0.15, -0.1) is 0 Å². The fourth-order valence-corrected chi connectivity index (χ4v) is 1.41. The predicted molar refractivity (Wildman–Crippen MR) is 63.8 cm³/mol. The molecule has 0 aromatic carbocycles. The number of nitrogens with one attached hydrogen (secondary N) is 1. The molecule has 0 unspecified atom stereocenters. The van der Waals surface area contributed by atoms with E-state index in [1.807, 2.05) is 0 Å². The van der Waals surface area contributed by atoms with Gasteiger partial charge in [0.2, 0.25) is 0 Å². The molecule has 17 heavy (non-hydrogen) atoms. The van der Waals surface area contributed by atoms with E-state index < -0.39 is 5.97 Å². The summed E-state index contributed by atoms with van der Waals surface area (Å²) in [5.41, 5.74) is 1.04. The highest BCUT2D eigenvalue weighted by Crippen LogP contribution is 2.00. The maximum absolute atomic E-state index is 10.6.